The van der Waals surface area contributed by atoms with E-state index in [0.29, 0.717) is 17.2 Å². The maximum Gasteiger partial charge on any atom is 0.234 e. The van der Waals surface area contributed by atoms with Crippen LogP contribution < -0.4 is 0 Å². The first-order chi connectivity index (χ1) is 9.61. The van der Waals surface area contributed by atoms with E-state index in [1.165, 1.54) is 11.1 Å². The molecular weight excluding hydrogens is 250 g/mol. The van der Waals surface area contributed by atoms with Crippen LogP contribution in [0.3, 0.4) is 0 Å². The Hall–Kier alpha value is -2.49. The third-order valence-corrected chi connectivity index (χ3v) is 3.65. The van der Waals surface area contributed by atoms with E-state index in [9.17, 15) is 4.79 Å². The Morgan fingerprint density at radius 1 is 1.10 bits per heavy atom. The lowest BCUT2D eigenvalue weighted by Crippen LogP contribution is -1.95. The molecule has 20 heavy (non-hydrogen) atoms. The molecule has 3 aromatic rings. The first kappa shape index (κ1) is 12.5. The lowest BCUT2D eigenvalue weighted by molar-refractivity contribution is 0.111. The Balaban J connectivity index is 2.35. The summed E-state index contributed by atoms with van der Waals surface area (Å²) in [6, 6.07) is 5.99. The molecule has 0 saturated heterocycles. The molecule has 0 spiro atoms. The van der Waals surface area contributed by atoms with Crippen LogP contribution >= 0.6 is 0 Å². The quantitative estimate of drug-likeness (QED) is 0.669. The Labute approximate surface area is 117 Å². The van der Waals surface area contributed by atoms with Crippen LogP contribution in [0, 0.1) is 20.8 Å². The average Bonchev–Trinajstić information content (AvgIpc) is 2.81. The first-order valence-electron chi connectivity index (χ1n) is 6.48. The van der Waals surface area contributed by atoms with Crippen LogP contribution in [0.25, 0.3) is 17.0 Å². The number of aryl methyl sites for hydroxylation is 3. The monoisotopic (exact) mass is 265 g/mol. The van der Waals surface area contributed by atoms with Crippen molar-refractivity contribution in [3.05, 3.63) is 53.0 Å². The first-order valence-corrected chi connectivity index (χ1v) is 6.48. The number of nitrogens with zero attached hydrogens (tertiary/aromatic N) is 3. The number of benzene rings is 1. The molecule has 4 heteroatoms. The molecule has 0 amide bonds. The fourth-order valence-electron chi connectivity index (χ4n) is 2.43. The molecule has 0 bridgehead atoms. The Morgan fingerprint density at radius 3 is 2.60 bits per heavy atom. The number of aldehydes is 1. The van der Waals surface area contributed by atoms with Crippen molar-refractivity contribution in [1.82, 2.24) is 14.4 Å². The van der Waals surface area contributed by atoms with Gasteiger partial charge in [-0.15, -0.1) is 0 Å². The summed E-state index contributed by atoms with van der Waals surface area (Å²) in [6.07, 6.45) is 4.32. The molecule has 0 aliphatic carbocycles. The van der Waals surface area contributed by atoms with Crippen molar-refractivity contribution in [3.8, 4) is 11.3 Å². The molecule has 100 valence electrons. The summed E-state index contributed by atoms with van der Waals surface area (Å²) < 4.78 is 1.72. The summed E-state index contributed by atoms with van der Waals surface area (Å²) >= 11 is 0. The largest absolute Gasteiger partial charge is 0.296 e. The molecule has 0 aliphatic heterocycles. The van der Waals surface area contributed by atoms with Gasteiger partial charge in [0.15, 0.2) is 6.29 Å². The van der Waals surface area contributed by atoms with E-state index in [0.717, 1.165) is 17.4 Å². The maximum absolute atomic E-state index is 11.5. The van der Waals surface area contributed by atoms with E-state index >= 15 is 0 Å². The van der Waals surface area contributed by atoms with Gasteiger partial charge in [0.25, 0.3) is 0 Å². The second-order valence-corrected chi connectivity index (χ2v) is 5.00. The van der Waals surface area contributed by atoms with Crippen LogP contribution in [-0.2, 0) is 0 Å². The molecule has 0 unspecified atom stereocenters. The molecule has 1 aromatic carbocycles. The zero-order valence-electron chi connectivity index (χ0n) is 11.7. The van der Waals surface area contributed by atoms with Gasteiger partial charge in [-0.3, -0.25) is 9.20 Å². The summed E-state index contributed by atoms with van der Waals surface area (Å²) in [7, 11) is 0. The van der Waals surface area contributed by atoms with Crippen molar-refractivity contribution in [2.75, 3.05) is 0 Å². The second kappa shape index (κ2) is 4.56. The zero-order chi connectivity index (χ0) is 14.3. The molecule has 3 rings (SSSR count). The van der Waals surface area contributed by atoms with E-state index < -0.39 is 0 Å². The minimum atomic E-state index is 0.541. The highest BCUT2D eigenvalue weighted by Gasteiger charge is 2.16. The van der Waals surface area contributed by atoms with Crippen LogP contribution in [0.2, 0.25) is 0 Å². The molecule has 0 atom stereocenters. The van der Waals surface area contributed by atoms with Crippen molar-refractivity contribution < 1.29 is 4.79 Å². The van der Waals surface area contributed by atoms with Crippen LogP contribution in [0.1, 0.15) is 27.2 Å². The number of carbonyl (C=O) groups excluding carboxylic acids is 1. The van der Waals surface area contributed by atoms with Gasteiger partial charge in [0.05, 0.1) is 0 Å². The predicted octanol–water partition coefficient (Wildman–Crippen LogP) is 3.13. The summed E-state index contributed by atoms with van der Waals surface area (Å²) in [5.41, 5.74) is 5.76. The fourth-order valence-corrected chi connectivity index (χ4v) is 2.43. The topological polar surface area (TPSA) is 47.3 Å². The van der Waals surface area contributed by atoms with E-state index in [1.807, 2.05) is 6.92 Å². The van der Waals surface area contributed by atoms with Gasteiger partial charge < -0.3 is 0 Å². The van der Waals surface area contributed by atoms with Gasteiger partial charge in [-0.25, -0.2) is 9.97 Å². The summed E-state index contributed by atoms with van der Waals surface area (Å²) in [5.74, 6) is 0.544. The van der Waals surface area contributed by atoms with E-state index in [4.69, 9.17) is 0 Å². The molecule has 0 fully saturated rings. The molecule has 2 heterocycles. The van der Waals surface area contributed by atoms with Gasteiger partial charge in [0.2, 0.25) is 5.78 Å². The van der Waals surface area contributed by atoms with Gasteiger partial charge in [-0.2, -0.15) is 0 Å². The number of rotatable bonds is 2. The zero-order valence-corrected chi connectivity index (χ0v) is 11.7. The number of fused-ring (bicyclic) bond motifs is 1. The summed E-state index contributed by atoms with van der Waals surface area (Å²) in [6.45, 7) is 6.18. The Morgan fingerprint density at radius 2 is 1.85 bits per heavy atom. The minimum Gasteiger partial charge on any atom is -0.296 e. The maximum atomic E-state index is 11.5. The number of hydrogen-bond donors (Lipinski definition) is 0. The van der Waals surface area contributed by atoms with E-state index in [1.54, 1.807) is 22.9 Å². The molecule has 2 aromatic heterocycles. The van der Waals surface area contributed by atoms with Crippen molar-refractivity contribution in [2.45, 2.75) is 20.8 Å². The van der Waals surface area contributed by atoms with E-state index in [-0.39, 0.29) is 0 Å². The van der Waals surface area contributed by atoms with Crippen LogP contribution in [0.5, 0.6) is 0 Å². The van der Waals surface area contributed by atoms with Crippen LogP contribution in [0.4, 0.5) is 0 Å². The highest BCUT2D eigenvalue weighted by Crippen LogP contribution is 2.28. The van der Waals surface area contributed by atoms with Crippen LogP contribution in [-0.4, -0.2) is 20.7 Å². The summed E-state index contributed by atoms with van der Waals surface area (Å²) in [5, 5.41) is 0. The SMILES string of the molecule is Cc1cc(C)c(-c2nc3ncccn3c2C=O)cc1C. The Kier molecular flexibility index (Phi) is 2.86. The predicted molar refractivity (Wildman–Crippen MR) is 78.0 cm³/mol. The summed E-state index contributed by atoms with van der Waals surface area (Å²) in [4.78, 5) is 20.2. The van der Waals surface area contributed by atoms with Crippen molar-refractivity contribution in [2.24, 2.45) is 0 Å². The van der Waals surface area contributed by atoms with Gasteiger partial charge in [-0.1, -0.05) is 6.07 Å². The smallest absolute Gasteiger partial charge is 0.234 e. The molecule has 0 saturated carbocycles. The van der Waals surface area contributed by atoms with Crippen molar-refractivity contribution in [1.29, 1.82) is 0 Å². The number of hydrogen-bond acceptors (Lipinski definition) is 3. The highest BCUT2D eigenvalue weighted by molar-refractivity contribution is 5.86. The number of imidazole rings is 1. The fraction of sp³-hybridized carbons (Fsp3) is 0.188. The molecular formula is C16H15N3O. The highest BCUT2D eigenvalue weighted by atomic mass is 16.1. The molecule has 4 nitrogen and oxygen atoms in total. The lowest BCUT2D eigenvalue weighted by Gasteiger charge is -2.08. The third-order valence-electron chi connectivity index (χ3n) is 3.65. The van der Waals surface area contributed by atoms with Gasteiger partial charge in [0.1, 0.15) is 11.4 Å². The standard InChI is InChI=1S/C16H15N3O/c1-10-7-12(3)13(8-11(10)2)15-14(9-20)19-6-4-5-17-16(19)18-15/h4-9H,1-3H3. The third kappa shape index (κ3) is 1.81. The molecule has 0 radical (unpaired) electrons. The minimum absolute atomic E-state index is 0.541. The average molecular weight is 265 g/mol. The van der Waals surface area contributed by atoms with Gasteiger partial charge in [-0.05, 0) is 49.6 Å². The lowest BCUT2D eigenvalue weighted by atomic mass is 9.98. The number of carbonyl (C=O) groups is 1. The molecule has 0 aliphatic rings. The van der Waals surface area contributed by atoms with Gasteiger partial charge >= 0.3 is 0 Å². The van der Waals surface area contributed by atoms with Crippen LogP contribution in [0.15, 0.2) is 30.6 Å². The normalized spacial score (nSPS) is 10.9. The van der Waals surface area contributed by atoms with Crippen molar-refractivity contribution in [3.63, 3.8) is 0 Å². The Bertz CT molecular complexity index is 818. The van der Waals surface area contributed by atoms with E-state index in [2.05, 4.69) is 35.9 Å². The van der Waals surface area contributed by atoms with Crippen molar-refractivity contribution >= 4 is 12.1 Å². The van der Waals surface area contributed by atoms with Gasteiger partial charge in [0, 0.05) is 18.0 Å². The second-order valence-electron chi connectivity index (χ2n) is 5.00. The number of aromatic nitrogens is 3. The molecule has 0 N–H and O–H groups in total.